The fraction of sp³-hybridized carbons (Fsp3) is 0.533. The molecule has 0 aromatic heterocycles. The molecule has 0 saturated carbocycles. The molecule has 1 fully saturated rings. The third-order valence-corrected chi connectivity index (χ3v) is 3.83. The summed E-state index contributed by atoms with van der Waals surface area (Å²) in [6.07, 6.45) is 2.26. The summed E-state index contributed by atoms with van der Waals surface area (Å²) in [5, 5.41) is 3.28. The molecular weight excluding hydrogens is 290 g/mol. The number of benzene rings is 1. The lowest BCUT2D eigenvalue weighted by Crippen LogP contribution is -2.36. The average Bonchev–Trinajstić information content (AvgIpc) is 2.43. The van der Waals surface area contributed by atoms with Gasteiger partial charge in [0.25, 0.3) is 0 Å². The van der Waals surface area contributed by atoms with Crippen molar-refractivity contribution in [3.05, 3.63) is 23.2 Å². The molecule has 5 nitrogen and oxygen atoms in total. The van der Waals surface area contributed by atoms with Crippen molar-refractivity contribution in [2.45, 2.75) is 12.8 Å². The molecule has 1 atom stereocenters. The SMILES string of the molecule is CN(CC(=O)Nc1cc(N)ccc1Cl)CC1CCCOC1. The van der Waals surface area contributed by atoms with E-state index in [0.717, 1.165) is 32.6 Å². The number of ether oxygens (including phenoxy) is 1. The smallest absolute Gasteiger partial charge is 0.238 e. The van der Waals surface area contributed by atoms with Crippen LogP contribution in [0.25, 0.3) is 0 Å². The number of nitrogen functional groups attached to an aromatic ring is 1. The van der Waals surface area contributed by atoms with E-state index < -0.39 is 0 Å². The van der Waals surface area contributed by atoms with Crippen molar-refractivity contribution in [2.24, 2.45) is 5.92 Å². The molecule has 0 spiro atoms. The van der Waals surface area contributed by atoms with Gasteiger partial charge in [-0.1, -0.05) is 11.6 Å². The topological polar surface area (TPSA) is 67.6 Å². The third kappa shape index (κ3) is 5.19. The summed E-state index contributed by atoms with van der Waals surface area (Å²) in [6.45, 7) is 2.82. The number of rotatable bonds is 5. The molecule has 1 amide bonds. The molecular formula is C15H22ClN3O2. The molecule has 0 bridgehead atoms. The molecule has 1 aromatic carbocycles. The van der Waals surface area contributed by atoms with Gasteiger partial charge in [-0.3, -0.25) is 9.69 Å². The Morgan fingerprint density at radius 2 is 2.38 bits per heavy atom. The summed E-state index contributed by atoms with van der Waals surface area (Å²) in [7, 11) is 1.94. The van der Waals surface area contributed by atoms with Gasteiger partial charge in [0.1, 0.15) is 0 Å². The highest BCUT2D eigenvalue weighted by Crippen LogP contribution is 2.24. The lowest BCUT2D eigenvalue weighted by atomic mass is 10.0. The van der Waals surface area contributed by atoms with Crippen LogP contribution in [-0.4, -0.2) is 44.2 Å². The Labute approximate surface area is 130 Å². The van der Waals surface area contributed by atoms with Crippen molar-refractivity contribution in [3.63, 3.8) is 0 Å². The van der Waals surface area contributed by atoms with Gasteiger partial charge in [0, 0.05) is 18.8 Å². The second kappa shape index (κ2) is 7.64. The molecule has 116 valence electrons. The Hall–Kier alpha value is -1.30. The van der Waals surface area contributed by atoms with E-state index in [4.69, 9.17) is 22.1 Å². The van der Waals surface area contributed by atoms with Gasteiger partial charge in [0.05, 0.1) is 23.9 Å². The first-order valence-corrected chi connectivity index (χ1v) is 7.53. The second-order valence-corrected chi connectivity index (χ2v) is 5.97. The molecule has 0 aliphatic carbocycles. The minimum absolute atomic E-state index is 0.0956. The molecule has 1 saturated heterocycles. The second-order valence-electron chi connectivity index (χ2n) is 5.57. The van der Waals surface area contributed by atoms with E-state index in [9.17, 15) is 4.79 Å². The number of hydrogen-bond acceptors (Lipinski definition) is 4. The number of halogens is 1. The standard InChI is InChI=1S/C15H22ClN3O2/c1-19(8-11-3-2-6-21-10-11)9-15(20)18-14-7-12(17)4-5-13(14)16/h4-5,7,11H,2-3,6,8-10,17H2,1H3,(H,18,20). The van der Waals surface area contributed by atoms with Crippen molar-refractivity contribution in [2.75, 3.05) is 44.4 Å². The van der Waals surface area contributed by atoms with Gasteiger partial charge in [0.2, 0.25) is 5.91 Å². The number of nitrogens with two attached hydrogens (primary N) is 1. The number of anilines is 2. The predicted octanol–water partition coefficient (Wildman–Crippen LogP) is 2.22. The number of carbonyl (C=O) groups is 1. The Morgan fingerprint density at radius 3 is 3.10 bits per heavy atom. The van der Waals surface area contributed by atoms with Gasteiger partial charge in [-0.15, -0.1) is 0 Å². The van der Waals surface area contributed by atoms with Crippen LogP contribution < -0.4 is 11.1 Å². The lowest BCUT2D eigenvalue weighted by Gasteiger charge is -2.26. The van der Waals surface area contributed by atoms with Gasteiger partial charge < -0.3 is 15.8 Å². The molecule has 1 aromatic rings. The van der Waals surface area contributed by atoms with E-state index in [2.05, 4.69) is 5.32 Å². The predicted molar refractivity (Wildman–Crippen MR) is 85.5 cm³/mol. The molecule has 21 heavy (non-hydrogen) atoms. The Balaban J connectivity index is 1.81. The van der Waals surface area contributed by atoms with E-state index >= 15 is 0 Å². The van der Waals surface area contributed by atoms with Crippen molar-refractivity contribution >= 4 is 28.9 Å². The summed E-state index contributed by atoms with van der Waals surface area (Å²) in [5.74, 6) is 0.411. The Morgan fingerprint density at radius 1 is 1.57 bits per heavy atom. The maximum atomic E-state index is 12.0. The van der Waals surface area contributed by atoms with Crippen molar-refractivity contribution in [1.82, 2.24) is 4.90 Å². The van der Waals surface area contributed by atoms with E-state index in [1.807, 2.05) is 11.9 Å². The zero-order chi connectivity index (χ0) is 15.2. The molecule has 3 N–H and O–H groups in total. The highest BCUT2D eigenvalue weighted by atomic mass is 35.5. The normalized spacial score (nSPS) is 18.7. The van der Waals surface area contributed by atoms with Gasteiger partial charge in [0.15, 0.2) is 0 Å². The fourth-order valence-corrected chi connectivity index (χ4v) is 2.70. The fourth-order valence-electron chi connectivity index (χ4n) is 2.53. The minimum atomic E-state index is -0.0956. The van der Waals surface area contributed by atoms with Crippen LogP contribution in [0, 0.1) is 5.92 Å². The molecule has 0 radical (unpaired) electrons. The van der Waals surface area contributed by atoms with Gasteiger partial charge >= 0.3 is 0 Å². The van der Waals surface area contributed by atoms with Crippen molar-refractivity contribution in [3.8, 4) is 0 Å². The van der Waals surface area contributed by atoms with Crippen LogP contribution in [0.15, 0.2) is 18.2 Å². The minimum Gasteiger partial charge on any atom is -0.399 e. The van der Waals surface area contributed by atoms with Gasteiger partial charge in [-0.25, -0.2) is 0 Å². The summed E-state index contributed by atoms with van der Waals surface area (Å²) >= 11 is 6.03. The number of nitrogens with one attached hydrogen (secondary N) is 1. The molecule has 1 unspecified atom stereocenters. The molecule has 1 heterocycles. The number of amides is 1. The molecule has 1 aliphatic rings. The maximum absolute atomic E-state index is 12.0. The first kappa shape index (κ1) is 16.1. The summed E-state index contributed by atoms with van der Waals surface area (Å²) < 4.78 is 5.45. The van der Waals surface area contributed by atoms with Crippen LogP contribution in [0.1, 0.15) is 12.8 Å². The molecule has 2 rings (SSSR count). The van der Waals surface area contributed by atoms with E-state index in [0.29, 0.717) is 28.9 Å². The van der Waals surface area contributed by atoms with Crippen LogP contribution in [0.3, 0.4) is 0 Å². The van der Waals surface area contributed by atoms with Crippen LogP contribution in [-0.2, 0) is 9.53 Å². The first-order valence-electron chi connectivity index (χ1n) is 7.16. The number of carbonyl (C=O) groups excluding carboxylic acids is 1. The molecule has 6 heteroatoms. The monoisotopic (exact) mass is 311 g/mol. The summed E-state index contributed by atoms with van der Waals surface area (Å²) in [4.78, 5) is 14.1. The summed E-state index contributed by atoms with van der Waals surface area (Å²) in [6, 6.07) is 5.04. The van der Waals surface area contributed by atoms with E-state index in [1.165, 1.54) is 0 Å². The Kier molecular flexibility index (Phi) is 5.85. The van der Waals surface area contributed by atoms with Crippen molar-refractivity contribution < 1.29 is 9.53 Å². The zero-order valence-corrected chi connectivity index (χ0v) is 13.0. The van der Waals surface area contributed by atoms with E-state index in [-0.39, 0.29) is 5.91 Å². The first-order chi connectivity index (χ1) is 10.0. The number of hydrogen-bond donors (Lipinski definition) is 2. The van der Waals surface area contributed by atoms with Crippen LogP contribution in [0.4, 0.5) is 11.4 Å². The largest absolute Gasteiger partial charge is 0.399 e. The zero-order valence-electron chi connectivity index (χ0n) is 12.3. The van der Waals surface area contributed by atoms with Crippen LogP contribution in [0.2, 0.25) is 5.02 Å². The number of nitrogens with zero attached hydrogens (tertiary/aromatic N) is 1. The maximum Gasteiger partial charge on any atom is 0.238 e. The quantitative estimate of drug-likeness (QED) is 0.818. The van der Waals surface area contributed by atoms with Crippen LogP contribution in [0.5, 0.6) is 0 Å². The van der Waals surface area contributed by atoms with Crippen molar-refractivity contribution in [1.29, 1.82) is 0 Å². The Bertz CT molecular complexity index is 490. The third-order valence-electron chi connectivity index (χ3n) is 3.50. The van der Waals surface area contributed by atoms with Gasteiger partial charge in [-0.05, 0) is 44.0 Å². The molecule has 1 aliphatic heterocycles. The number of likely N-dealkylation sites (N-methyl/N-ethyl adjacent to an activating group) is 1. The van der Waals surface area contributed by atoms with Crippen LogP contribution >= 0.6 is 11.6 Å². The lowest BCUT2D eigenvalue weighted by molar-refractivity contribution is -0.117. The van der Waals surface area contributed by atoms with Gasteiger partial charge in [-0.2, -0.15) is 0 Å². The van der Waals surface area contributed by atoms with E-state index in [1.54, 1.807) is 18.2 Å². The highest BCUT2D eigenvalue weighted by Gasteiger charge is 2.17. The summed E-state index contributed by atoms with van der Waals surface area (Å²) in [5.41, 5.74) is 6.82. The highest BCUT2D eigenvalue weighted by molar-refractivity contribution is 6.33. The average molecular weight is 312 g/mol.